The number of hydrogen-bond acceptors (Lipinski definition) is 3. The molecule has 1 aliphatic heterocycles. The van der Waals surface area contributed by atoms with Crippen LogP contribution in [-0.4, -0.2) is 16.8 Å². The molecule has 2 aromatic carbocycles. The lowest BCUT2D eigenvalue weighted by atomic mass is 9.84. The minimum atomic E-state index is -0.660. The summed E-state index contributed by atoms with van der Waals surface area (Å²) < 4.78 is 12.7. The second-order valence-corrected chi connectivity index (χ2v) is 7.95. The molecule has 2 atom stereocenters. The summed E-state index contributed by atoms with van der Waals surface area (Å²) in [4.78, 5) is 0. The Kier molecular flexibility index (Phi) is 6.01. The number of ether oxygens (including phenoxy) is 2. The van der Waals surface area contributed by atoms with E-state index in [4.69, 9.17) is 9.47 Å². The lowest BCUT2D eigenvalue weighted by Gasteiger charge is -2.38. The van der Waals surface area contributed by atoms with E-state index in [1.54, 1.807) is 6.92 Å². The molecule has 148 valence electrons. The Morgan fingerprint density at radius 3 is 2.54 bits per heavy atom. The number of rotatable bonds is 5. The maximum Gasteiger partial charge on any atom is 0.127 e. The van der Waals surface area contributed by atoms with Crippen molar-refractivity contribution in [1.82, 2.24) is 0 Å². The van der Waals surface area contributed by atoms with Crippen LogP contribution in [0.2, 0.25) is 0 Å². The molecule has 0 fully saturated rings. The summed E-state index contributed by atoms with van der Waals surface area (Å²) in [5.41, 5.74) is 5.36. The van der Waals surface area contributed by atoms with E-state index in [1.807, 2.05) is 18.2 Å². The van der Waals surface area contributed by atoms with Crippen LogP contribution in [0.1, 0.15) is 54.5 Å². The fourth-order valence-electron chi connectivity index (χ4n) is 4.00. The second-order valence-electron chi connectivity index (χ2n) is 7.95. The fraction of sp³-hybridized carbons (Fsp3) is 0.440. The van der Waals surface area contributed by atoms with Crippen molar-refractivity contribution in [2.24, 2.45) is 0 Å². The van der Waals surface area contributed by atoms with Gasteiger partial charge < -0.3 is 14.6 Å². The molecule has 3 nitrogen and oxygen atoms in total. The molecule has 1 heterocycles. The molecule has 0 spiro atoms. The van der Waals surface area contributed by atoms with Gasteiger partial charge in [-0.2, -0.15) is 0 Å². The van der Waals surface area contributed by atoms with E-state index in [9.17, 15) is 5.11 Å². The first-order valence-electron chi connectivity index (χ1n) is 9.93. The molecule has 28 heavy (non-hydrogen) atoms. The molecule has 0 aromatic heterocycles. The highest BCUT2D eigenvalue weighted by atomic mass is 16.5. The van der Waals surface area contributed by atoms with Crippen molar-refractivity contribution in [2.45, 2.75) is 72.2 Å². The minimum absolute atomic E-state index is 0.410. The highest BCUT2D eigenvalue weighted by molar-refractivity contribution is 5.59. The Bertz CT molecular complexity index is 905. The van der Waals surface area contributed by atoms with Gasteiger partial charge in [-0.15, -0.1) is 5.92 Å². The van der Waals surface area contributed by atoms with Gasteiger partial charge in [-0.25, -0.2) is 0 Å². The van der Waals surface area contributed by atoms with Crippen molar-refractivity contribution >= 4 is 0 Å². The largest absolute Gasteiger partial charge is 0.488 e. The molecule has 0 saturated carbocycles. The normalized spacial score (nSPS) is 19.1. The van der Waals surface area contributed by atoms with Crippen LogP contribution in [0, 0.1) is 32.6 Å². The quantitative estimate of drug-likeness (QED) is 0.740. The summed E-state index contributed by atoms with van der Waals surface area (Å²) in [7, 11) is 0. The van der Waals surface area contributed by atoms with E-state index in [-0.39, 0.29) is 0 Å². The standard InChI is InChI=1S/C25H30O3/c1-6-10-21(26)15-25(5)14-13-22-19(4)23(17(2)18(3)24(22)28-25)27-16-20-11-8-7-9-12-20/h7-9,11-12,21,26H,13-16H2,1-5H3/t21-,25+/m1/s1. The van der Waals surface area contributed by atoms with Crippen molar-refractivity contribution in [3.63, 3.8) is 0 Å². The summed E-state index contributed by atoms with van der Waals surface area (Å²) in [6.07, 6.45) is 1.61. The lowest BCUT2D eigenvalue weighted by Crippen LogP contribution is -2.40. The SMILES string of the molecule is CC#C[C@@H](O)C[C@]1(C)CCc2c(C)c(OCc3ccccc3)c(C)c(C)c2O1. The van der Waals surface area contributed by atoms with Crippen LogP contribution in [0.5, 0.6) is 11.5 Å². The van der Waals surface area contributed by atoms with Gasteiger partial charge in [0.25, 0.3) is 0 Å². The zero-order valence-corrected chi connectivity index (χ0v) is 17.6. The predicted molar refractivity (Wildman–Crippen MR) is 113 cm³/mol. The predicted octanol–water partition coefficient (Wildman–Crippen LogP) is 5.05. The van der Waals surface area contributed by atoms with E-state index in [0.717, 1.165) is 46.6 Å². The molecule has 0 amide bonds. The number of benzene rings is 2. The molecule has 0 unspecified atom stereocenters. The zero-order valence-electron chi connectivity index (χ0n) is 17.6. The van der Waals surface area contributed by atoms with Crippen LogP contribution in [0.25, 0.3) is 0 Å². The van der Waals surface area contributed by atoms with Gasteiger partial charge in [-0.05, 0) is 69.7 Å². The molecule has 1 aliphatic rings. The molecule has 3 rings (SSSR count). The summed E-state index contributed by atoms with van der Waals surface area (Å²) >= 11 is 0. The topological polar surface area (TPSA) is 38.7 Å². The highest BCUT2D eigenvalue weighted by Crippen LogP contribution is 2.44. The molecular weight excluding hydrogens is 348 g/mol. The summed E-state index contributed by atoms with van der Waals surface area (Å²) in [6.45, 7) is 10.7. The van der Waals surface area contributed by atoms with E-state index < -0.39 is 11.7 Å². The molecule has 0 saturated heterocycles. The molecule has 0 radical (unpaired) electrons. The Labute approximate surface area is 168 Å². The fourth-order valence-corrected chi connectivity index (χ4v) is 4.00. The van der Waals surface area contributed by atoms with E-state index in [1.165, 1.54) is 5.56 Å². The van der Waals surface area contributed by atoms with Crippen LogP contribution in [0.3, 0.4) is 0 Å². The summed E-state index contributed by atoms with van der Waals surface area (Å²) in [5, 5.41) is 10.1. The Morgan fingerprint density at radius 2 is 1.86 bits per heavy atom. The van der Waals surface area contributed by atoms with Crippen molar-refractivity contribution in [1.29, 1.82) is 0 Å². The third kappa shape index (κ3) is 4.18. The smallest absolute Gasteiger partial charge is 0.127 e. The molecule has 3 heteroatoms. The third-order valence-corrected chi connectivity index (χ3v) is 5.73. The van der Waals surface area contributed by atoms with Crippen molar-refractivity contribution < 1.29 is 14.6 Å². The maximum atomic E-state index is 10.1. The summed E-state index contributed by atoms with van der Waals surface area (Å²) in [5.74, 6) is 7.53. The van der Waals surface area contributed by atoms with Crippen LogP contribution in [0.4, 0.5) is 0 Å². The van der Waals surface area contributed by atoms with Gasteiger partial charge in [-0.1, -0.05) is 36.3 Å². The Hall–Kier alpha value is -2.44. The molecule has 1 N–H and O–H groups in total. The number of fused-ring (bicyclic) bond motifs is 1. The van der Waals surface area contributed by atoms with Gasteiger partial charge in [0.1, 0.15) is 29.8 Å². The zero-order chi connectivity index (χ0) is 20.3. The van der Waals surface area contributed by atoms with Crippen molar-refractivity contribution in [3.8, 4) is 23.3 Å². The lowest BCUT2D eigenvalue weighted by molar-refractivity contribution is 0.0236. The van der Waals surface area contributed by atoms with Crippen LogP contribution < -0.4 is 9.47 Å². The Balaban J connectivity index is 1.87. The summed E-state index contributed by atoms with van der Waals surface area (Å²) in [6, 6.07) is 10.2. The van der Waals surface area contributed by atoms with Gasteiger partial charge in [0, 0.05) is 12.0 Å². The first kappa shape index (κ1) is 20.3. The van der Waals surface area contributed by atoms with E-state index in [2.05, 4.69) is 51.7 Å². The third-order valence-electron chi connectivity index (χ3n) is 5.73. The average molecular weight is 379 g/mol. The van der Waals surface area contributed by atoms with E-state index in [0.29, 0.717) is 13.0 Å². The van der Waals surface area contributed by atoms with Crippen molar-refractivity contribution in [2.75, 3.05) is 0 Å². The van der Waals surface area contributed by atoms with Crippen molar-refractivity contribution in [3.05, 3.63) is 58.1 Å². The number of aliphatic hydroxyl groups is 1. The van der Waals surface area contributed by atoms with Gasteiger partial charge in [0.15, 0.2) is 0 Å². The minimum Gasteiger partial charge on any atom is -0.488 e. The highest BCUT2D eigenvalue weighted by Gasteiger charge is 2.36. The molecule has 0 bridgehead atoms. The average Bonchev–Trinajstić information content (AvgIpc) is 2.67. The monoisotopic (exact) mass is 378 g/mol. The Morgan fingerprint density at radius 1 is 1.14 bits per heavy atom. The number of aliphatic hydroxyl groups excluding tert-OH is 1. The molecular formula is C25H30O3. The first-order chi connectivity index (χ1) is 13.3. The maximum absolute atomic E-state index is 10.1. The number of hydrogen-bond donors (Lipinski definition) is 1. The molecule has 2 aromatic rings. The van der Waals surface area contributed by atoms with E-state index >= 15 is 0 Å². The van der Waals surface area contributed by atoms with Gasteiger partial charge in [0.05, 0.1) is 0 Å². The van der Waals surface area contributed by atoms with Gasteiger partial charge in [-0.3, -0.25) is 0 Å². The molecule has 0 aliphatic carbocycles. The van der Waals surface area contributed by atoms with Crippen LogP contribution >= 0.6 is 0 Å². The van der Waals surface area contributed by atoms with Crippen LogP contribution in [-0.2, 0) is 13.0 Å². The van der Waals surface area contributed by atoms with Crippen LogP contribution in [0.15, 0.2) is 30.3 Å². The van der Waals surface area contributed by atoms with Gasteiger partial charge >= 0.3 is 0 Å². The second kappa shape index (κ2) is 8.29. The first-order valence-corrected chi connectivity index (χ1v) is 9.93. The van der Waals surface area contributed by atoms with Gasteiger partial charge in [0.2, 0.25) is 0 Å².